The second-order valence-corrected chi connectivity index (χ2v) is 6.68. The van der Waals surface area contributed by atoms with Crippen LogP contribution in [0.4, 0.5) is 5.69 Å². The molecule has 2 aromatic carbocycles. The molecule has 0 bridgehead atoms. The zero-order valence-electron chi connectivity index (χ0n) is 14.7. The minimum absolute atomic E-state index is 0.0303. The molecule has 27 heavy (non-hydrogen) atoms. The van der Waals surface area contributed by atoms with Gasteiger partial charge in [0.2, 0.25) is 0 Å². The molecule has 0 unspecified atom stereocenters. The number of fused-ring (bicyclic) bond motifs is 2. The molecule has 1 aromatic heterocycles. The summed E-state index contributed by atoms with van der Waals surface area (Å²) in [6.07, 6.45) is 8.82. The first kappa shape index (κ1) is 15.6. The number of H-pyrrole nitrogens is 1. The number of anilines is 1. The lowest BCUT2D eigenvalue weighted by molar-refractivity contribution is 0.0997. The summed E-state index contributed by atoms with van der Waals surface area (Å²) in [5, 5.41) is 7.00. The summed E-state index contributed by atoms with van der Waals surface area (Å²) in [6, 6.07) is 17.6. The van der Waals surface area contributed by atoms with Crippen LogP contribution in [0.15, 0.2) is 85.0 Å². The molecule has 0 spiro atoms. The quantitative estimate of drug-likeness (QED) is 0.747. The summed E-state index contributed by atoms with van der Waals surface area (Å²) in [4.78, 5) is 17.3. The first-order chi connectivity index (χ1) is 13.3. The van der Waals surface area contributed by atoms with Gasteiger partial charge in [0.05, 0.1) is 11.4 Å². The van der Waals surface area contributed by atoms with Crippen molar-refractivity contribution >= 4 is 11.6 Å². The van der Waals surface area contributed by atoms with Crippen LogP contribution in [0.2, 0.25) is 0 Å². The fraction of sp³-hybridized carbons (Fsp3) is 0.0909. The Morgan fingerprint density at radius 3 is 2.70 bits per heavy atom. The molecule has 0 radical (unpaired) electrons. The Bertz CT molecular complexity index is 1050. The minimum Gasteiger partial charge on any atom is -0.346 e. The van der Waals surface area contributed by atoms with E-state index >= 15 is 0 Å². The van der Waals surface area contributed by atoms with Crippen LogP contribution >= 0.6 is 0 Å². The Hall–Kier alpha value is -3.60. The zero-order valence-corrected chi connectivity index (χ0v) is 14.7. The van der Waals surface area contributed by atoms with Crippen molar-refractivity contribution in [1.29, 1.82) is 0 Å². The van der Waals surface area contributed by atoms with Gasteiger partial charge in [-0.2, -0.15) is 5.10 Å². The van der Waals surface area contributed by atoms with Gasteiger partial charge in [0.1, 0.15) is 0 Å². The summed E-state index contributed by atoms with van der Waals surface area (Å²) in [7, 11) is 0. The van der Waals surface area contributed by atoms with E-state index in [1.165, 1.54) is 0 Å². The Morgan fingerprint density at radius 1 is 1.04 bits per heavy atom. The number of aromatic amines is 1. The highest BCUT2D eigenvalue weighted by atomic mass is 16.2. The third kappa shape index (κ3) is 2.73. The molecule has 2 aliphatic heterocycles. The van der Waals surface area contributed by atoms with Crippen LogP contribution in [-0.2, 0) is 6.54 Å². The third-order valence-corrected chi connectivity index (χ3v) is 5.00. The highest BCUT2D eigenvalue weighted by Crippen LogP contribution is 2.33. The predicted molar refractivity (Wildman–Crippen MR) is 105 cm³/mol. The molecule has 0 aliphatic carbocycles. The van der Waals surface area contributed by atoms with Gasteiger partial charge in [0.25, 0.3) is 5.91 Å². The van der Waals surface area contributed by atoms with E-state index in [0.717, 1.165) is 41.2 Å². The van der Waals surface area contributed by atoms with Crippen LogP contribution < -0.4 is 4.90 Å². The number of carbonyl (C=O) groups excluding carboxylic acids is 1. The first-order valence-electron chi connectivity index (χ1n) is 8.95. The SMILES string of the molecule is O=C(c1ccc(-c2cc[nH]n2)cc1)N1C=C2CC=CN2Cc2ccccc21. The maximum atomic E-state index is 13.3. The monoisotopic (exact) mass is 354 g/mol. The van der Waals surface area contributed by atoms with Crippen LogP contribution in [0.3, 0.4) is 0 Å². The van der Waals surface area contributed by atoms with Gasteiger partial charge >= 0.3 is 0 Å². The van der Waals surface area contributed by atoms with E-state index in [0.29, 0.717) is 5.56 Å². The molecule has 5 nitrogen and oxygen atoms in total. The molecular formula is C22H18N4O. The second kappa shape index (κ2) is 6.29. The van der Waals surface area contributed by atoms with Gasteiger partial charge in [-0.3, -0.25) is 14.8 Å². The summed E-state index contributed by atoms with van der Waals surface area (Å²) < 4.78 is 0. The fourth-order valence-electron chi connectivity index (χ4n) is 3.59. The average Bonchev–Trinajstić information content (AvgIpc) is 3.37. The average molecular weight is 354 g/mol. The fourth-order valence-corrected chi connectivity index (χ4v) is 3.59. The Morgan fingerprint density at radius 2 is 1.89 bits per heavy atom. The zero-order chi connectivity index (χ0) is 18.2. The molecule has 5 heteroatoms. The van der Waals surface area contributed by atoms with Gasteiger partial charge in [-0.1, -0.05) is 36.4 Å². The van der Waals surface area contributed by atoms with Crippen molar-refractivity contribution in [3.63, 3.8) is 0 Å². The van der Waals surface area contributed by atoms with Crippen molar-refractivity contribution in [2.45, 2.75) is 13.0 Å². The van der Waals surface area contributed by atoms with Crippen molar-refractivity contribution in [3.05, 3.63) is 96.1 Å². The topological polar surface area (TPSA) is 52.2 Å². The summed E-state index contributed by atoms with van der Waals surface area (Å²) >= 11 is 0. The molecule has 5 rings (SSSR count). The van der Waals surface area contributed by atoms with Crippen LogP contribution in [0, 0.1) is 0 Å². The molecule has 1 N–H and O–H groups in total. The van der Waals surface area contributed by atoms with Crippen molar-refractivity contribution in [1.82, 2.24) is 15.1 Å². The summed E-state index contributed by atoms with van der Waals surface area (Å²) in [5.41, 5.74) is 5.71. The predicted octanol–water partition coefficient (Wildman–Crippen LogP) is 4.30. The number of para-hydroxylation sites is 1. The normalized spacial score (nSPS) is 15.2. The molecule has 3 aromatic rings. The van der Waals surface area contributed by atoms with E-state index in [-0.39, 0.29) is 5.91 Å². The van der Waals surface area contributed by atoms with Gasteiger partial charge < -0.3 is 4.90 Å². The Balaban J connectivity index is 1.52. The van der Waals surface area contributed by atoms with Crippen molar-refractivity contribution in [3.8, 4) is 11.3 Å². The number of rotatable bonds is 2. The molecule has 0 saturated carbocycles. The van der Waals surface area contributed by atoms with E-state index in [2.05, 4.69) is 33.4 Å². The molecule has 0 atom stereocenters. The van der Waals surface area contributed by atoms with Gasteiger partial charge in [0, 0.05) is 48.4 Å². The van der Waals surface area contributed by atoms with E-state index in [4.69, 9.17) is 0 Å². The number of benzene rings is 2. The molecule has 1 amide bonds. The van der Waals surface area contributed by atoms with Crippen LogP contribution in [0.5, 0.6) is 0 Å². The van der Waals surface area contributed by atoms with Gasteiger partial charge in [0.15, 0.2) is 0 Å². The number of hydrogen-bond acceptors (Lipinski definition) is 3. The largest absolute Gasteiger partial charge is 0.346 e. The molecule has 0 fully saturated rings. The van der Waals surface area contributed by atoms with Crippen molar-refractivity contribution < 1.29 is 4.79 Å². The van der Waals surface area contributed by atoms with Crippen LogP contribution in [0.1, 0.15) is 22.3 Å². The lowest BCUT2D eigenvalue weighted by atomic mass is 10.1. The van der Waals surface area contributed by atoms with Crippen LogP contribution in [0.25, 0.3) is 11.3 Å². The molecular weight excluding hydrogens is 336 g/mol. The highest BCUT2D eigenvalue weighted by molar-refractivity contribution is 6.08. The van der Waals surface area contributed by atoms with Gasteiger partial charge in [-0.25, -0.2) is 0 Å². The van der Waals surface area contributed by atoms with E-state index in [1.807, 2.05) is 54.7 Å². The Kier molecular flexibility index (Phi) is 3.64. The molecule has 0 saturated heterocycles. The van der Waals surface area contributed by atoms with Gasteiger partial charge in [-0.15, -0.1) is 0 Å². The smallest absolute Gasteiger partial charge is 0.262 e. The first-order valence-corrected chi connectivity index (χ1v) is 8.95. The van der Waals surface area contributed by atoms with E-state index in [1.54, 1.807) is 11.1 Å². The van der Waals surface area contributed by atoms with E-state index < -0.39 is 0 Å². The minimum atomic E-state index is -0.0303. The summed E-state index contributed by atoms with van der Waals surface area (Å²) in [6.45, 7) is 0.778. The third-order valence-electron chi connectivity index (χ3n) is 5.00. The highest BCUT2D eigenvalue weighted by Gasteiger charge is 2.25. The molecule has 132 valence electrons. The maximum absolute atomic E-state index is 13.3. The maximum Gasteiger partial charge on any atom is 0.262 e. The van der Waals surface area contributed by atoms with E-state index in [9.17, 15) is 4.79 Å². The number of aromatic nitrogens is 2. The number of carbonyl (C=O) groups is 1. The van der Waals surface area contributed by atoms with Crippen molar-refractivity contribution in [2.75, 3.05) is 4.90 Å². The standard InChI is InChI=1S/C22H18N4O/c27-22(17-9-7-16(8-10-17)20-11-12-23-24-20)26-15-19-5-3-13-25(19)14-18-4-1-2-6-21(18)26/h1-4,6-13,15H,5,14H2,(H,23,24). The van der Waals surface area contributed by atoms with Crippen molar-refractivity contribution in [2.24, 2.45) is 0 Å². The second-order valence-electron chi connectivity index (χ2n) is 6.68. The number of allylic oxidation sites excluding steroid dienone is 1. The molecule has 3 heterocycles. The lowest BCUT2D eigenvalue weighted by Crippen LogP contribution is -2.26. The number of nitrogens with zero attached hydrogens (tertiary/aromatic N) is 3. The summed E-state index contributed by atoms with van der Waals surface area (Å²) in [5.74, 6) is -0.0303. The Labute approximate surface area is 157 Å². The number of nitrogens with one attached hydrogen (secondary N) is 1. The van der Waals surface area contributed by atoms with Gasteiger partial charge in [-0.05, 0) is 29.8 Å². The molecule has 2 aliphatic rings. The number of hydrogen-bond donors (Lipinski definition) is 1. The lowest BCUT2D eigenvalue weighted by Gasteiger charge is -2.20. The van der Waals surface area contributed by atoms with Crippen LogP contribution in [-0.4, -0.2) is 21.0 Å². The number of amides is 1.